The van der Waals surface area contributed by atoms with Crippen LogP contribution in [0.3, 0.4) is 0 Å². The van der Waals surface area contributed by atoms with E-state index in [4.69, 9.17) is 9.15 Å². The highest BCUT2D eigenvalue weighted by molar-refractivity contribution is 5.96. The fraction of sp³-hybridized carbons (Fsp3) is 0.393. The number of carbonyl (C=O) groups excluding carboxylic acids is 2. The zero-order valence-electron chi connectivity index (χ0n) is 20.1. The molecule has 35 heavy (non-hydrogen) atoms. The summed E-state index contributed by atoms with van der Waals surface area (Å²) in [5, 5.41) is 3.90. The summed E-state index contributed by atoms with van der Waals surface area (Å²) in [6.07, 6.45) is 1.54. The molecule has 2 heterocycles. The predicted molar refractivity (Wildman–Crippen MR) is 132 cm³/mol. The summed E-state index contributed by atoms with van der Waals surface area (Å²) in [5.74, 6) is -0.323. The van der Waals surface area contributed by atoms with E-state index in [2.05, 4.69) is 17.4 Å². The Hall–Kier alpha value is -3.45. The number of nitrogens with one attached hydrogen (secondary N) is 1. The number of hydrogen-bond donors (Lipinski definition) is 1. The van der Waals surface area contributed by atoms with Gasteiger partial charge in [0.25, 0.3) is 5.91 Å². The van der Waals surface area contributed by atoms with Crippen molar-refractivity contribution in [1.29, 1.82) is 0 Å². The third kappa shape index (κ3) is 3.93. The third-order valence-corrected chi connectivity index (χ3v) is 7.48. The van der Waals surface area contributed by atoms with E-state index in [0.29, 0.717) is 44.5 Å². The molecule has 1 saturated heterocycles. The first-order valence-corrected chi connectivity index (χ1v) is 12.3. The molecule has 0 saturated carbocycles. The maximum Gasteiger partial charge on any atom is 0.349 e. The van der Waals surface area contributed by atoms with Crippen LogP contribution in [0.2, 0.25) is 0 Å². The zero-order chi connectivity index (χ0) is 24.6. The van der Waals surface area contributed by atoms with Crippen LogP contribution in [0.25, 0.3) is 11.0 Å². The highest BCUT2D eigenvalue weighted by atomic mass is 16.5. The van der Waals surface area contributed by atoms with Gasteiger partial charge in [-0.3, -0.25) is 9.59 Å². The number of rotatable bonds is 5. The minimum atomic E-state index is -0.616. The Morgan fingerprint density at radius 1 is 1.09 bits per heavy atom. The molecule has 2 aliphatic rings. The van der Waals surface area contributed by atoms with Crippen molar-refractivity contribution in [3.05, 3.63) is 81.7 Å². The first-order valence-electron chi connectivity index (χ1n) is 12.3. The van der Waals surface area contributed by atoms with Gasteiger partial charge in [0.1, 0.15) is 11.1 Å². The van der Waals surface area contributed by atoms with Crippen LogP contribution in [0, 0.1) is 0 Å². The molecule has 2 amide bonds. The molecule has 7 heteroatoms. The summed E-state index contributed by atoms with van der Waals surface area (Å²) in [5.41, 5.74) is 1.85. The van der Waals surface area contributed by atoms with Crippen LogP contribution in [-0.2, 0) is 14.9 Å². The number of hydrogen-bond acceptors (Lipinski definition) is 5. The Balaban J connectivity index is 1.43. The Bertz CT molecular complexity index is 1320. The molecule has 182 valence electrons. The number of likely N-dealkylation sites (tertiary alicyclic amines) is 1. The molecule has 1 aromatic heterocycles. The van der Waals surface area contributed by atoms with Crippen LogP contribution in [-0.4, -0.2) is 42.5 Å². The van der Waals surface area contributed by atoms with Crippen molar-refractivity contribution in [2.75, 3.05) is 19.7 Å². The lowest BCUT2D eigenvalue weighted by molar-refractivity contribution is -0.123. The van der Waals surface area contributed by atoms with E-state index >= 15 is 0 Å². The zero-order valence-corrected chi connectivity index (χ0v) is 20.1. The second kappa shape index (κ2) is 9.30. The molecular weight excluding hydrogens is 444 g/mol. The molecule has 0 bridgehead atoms. The van der Waals surface area contributed by atoms with Gasteiger partial charge in [0, 0.05) is 36.9 Å². The van der Waals surface area contributed by atoms with Gasteiger partial charge in [-0.2, -0.15) is 0 Å². The third-order valence-electron chi connectivity index (χ3n) is 7.48. The lowest BCUT2D eigenvalue weighted by Crippen LogP contribution is -2.52. The van der Waals surface area contributed by atoms with E-state index in [-0.39, 0.29) is 34.9 Å². The van der Waals surface area contributed by atoms with Crippen molar-refractivity contribution in [2.45, 2.75) is 50.7 Å². The number of nitrogens with zero attached hydrogens (tertiary/aromatic N) is 1. The van der Waals surface area contributed by atoms with Crippen LogP contribution >= 0.6 is 0 Å². The highest BCUT2D eigenvalue weighted by Gasteiger charge is 2.54. The molecule has 3 aromatic rings. The van der Waals surface area contributed by atoms with Gasteiger partial charge in [0.15, 0.2) is 0 Å². The largest absolute Gasteiger partial charge is 0.422 e. The van der Waals surface area contributed by atoms with Crippen molar-refractivity contribution < 1.29 is 18.7 Å². The minimum absolute atomic E-state index is 0.0119. The number of para-hydroxylation sites is 1. The molecule has 0 radical (unpaired) electrons. The summed E-state index contributed by atoms with van der Waals surface area (Å²) in [6.45, 7) is 5.30. The lowest BCUT2D eigenvalue weighted by atomic mass is 9.71. The molecule has 1 N–H and O–H groups in total. The Labute approximate surface area is 204 Å². The summed E-state index contributed by atoms with van der Waals surface area (Å²) in [4.78, 5) is 40.0. The average molecular weight is 475 g/mol. The van der Waals surface area contributed by atoms with Gasteiger partial charge >= 0.3 is 5.63 Å². The fourth-order valence-corrected chi connectivity index (χ4v) is 5.77. The molecule has 2 atom stereocenters. The molecule has 7 nitrogen and oxygen atoms in total. The number of piperidine rings is 1. The first kappa shape index (κ1) is 23.3. The monoisotopic (exact) mass is 474 g/mol. The summed E-state index contributed by atoms with van der Waals surface area (Å²) in [6, 6.07) is 16.8. The number of benzene rings is 2. The van der Waals surface area contributed by atoms with Crippen LogP contribution in [0.1, 0.15) is 60.6 Å². The van der Waals surface area contributed by atoms with E-state index < -0.39 is 5.63 Å². The highest BCUT2D eigenvalue weighted by Crippen LogP contribution is 2.52. The van der Waals surface area contributed by atoms with Gasteiger partial charge in [-0.05, 0) is 43.0 Å². The molecule has 1 aliphatic carbocycles. The van der Waals surface area contributed by atoms with Crippen LogP contribution in [0.5, 0.6) is 0 Å². The number of ether oxygens (including phenoxy) is 1. The van der Waals surface area contributed by atoms with Gasteiger partial charge in [-0.1, -0.05) is 49.4 Å². The average Bonchev–Trinajstić information content (AvgIpc) is 3.12. The maximum absolute atomic E-state index is 13.3. The molecule has 1 fully saturated rings. The van der Waals surface area contributed by atoms with Crippen molar-refractivity contribution in [2.24, 2.45) is 0 Å². The van der Waals surface area contributed by atoms with Crippen molar-refractivity contribution in [3.63, 3.8) is 0 Å². The summed E-state index contributed by atoms with van der Waals surface area (Å²) in [7, 11) is 0. The van der Waals surface area contributed by atoms with Crippen LogP contribution in [0.15, 0.2) is 63.8 Å². The Morgan fingerprint density at radius 2 is 1.80 bits per heavy atom. The Morgan fingerprint density at radius 3 is 2.54 bits per heavy atom. The fourth-order valence-electron chi connectivity index (χ4n) is 5.77. The first-order chi connectivity index (χ1) is 17.0. The van der Waals surface area contributed by atoms with E-state index in [9.17, 15) is 14.4 Å². The van der Waals surface area contributed by atoms with E-state index in [1.165, 1.54) is 5.56 Å². The van der Waals surface area contributed by atoms with E-state index in [0.717, 1.165) is 10.9 Å². The second-order valence-corrected chi connectivity index (χ2v) is 9.30. The molecule has 5 rings (SSSR count). The quantitative estimate of drug-likeness (QED) is 0.566. The minimum Gasteiger partial charge on any atom is -0.422 e. The van der Waals surface area contributed by atoms with Crippen molar-refractivity contribution in [3.8, 4) is 0 Å². The number of amides is 2. The van der Waals surface area contributed by atoms with Crippen LogP contribution < -0.4 is 10.9 Å². The van der Waals surface area contributed by atoms with Gasteiger partial charge < -0.3 is 19.4 Å². The Kier molecular flexibility index (Phi) is 6.19. The summed E-state index contributed by atoms with van der Waals surface area (Å²) < 4.78 is 11.7. The van der Waals surface area contributed by atoms with E-state index in [1.807, 2.05) is 38.1 Å². The van der Waals surface area contributed by atoms with Crippen molar-refractivity contribution >= 4 is 22.8 Å². The van der Waals surface area contributed by atoms with E-state index in [1.54, 1.807) is 23.1 Å². The SMILES string of the molecule is CCO[C@H]1[C@H](NC(=O)CC)c2ccccc2C12CCN(C(=O)c1cc3ccccc3oc1=O)CC2. The normalized spacial score (nSPS) is 20.7. The maximum atomic E-state index is 13.3. The second-order valence-electron chi connectivity index (χ2n) is 9.30. The topological polar surface area (TPSA) is 88.8 Å². The van der Waals surface area contributed by atoms with Gasteiger partial charge in [0.2, 0.25) is 5.91 Å². The summed E-state index contributed by atoms with van der Waals surface area (Å²) >= 11 is 0. The van der Waals surface area contributed by atoms with Crippen molar-refractivity contribution in [1.82, 2.24) is 10.2 Å². The molecule has 2 aromatic carbocycles. The smallest absolute Gasteiger partial charge is 0.349 e. The predicted octanol–water partition coefficient (Wildman–Crippen LogP) is 3.95. The molecular formula is C28H30N2O5. The lowest BCUT2D eigenvalue weighted by Gasteiger charge is -2.44. The van der Waals surface area contributed by atoms with Gasteiger partial charge in [-0.15, -0.1) is 0 Å². The van der Waals surface area contributed by atoms with Gasteiger partial charge in [-0.25, -0.2) is 4.79 Å². The molecule has 0 unspecified atom stereocenters. The standard InChI is InChI=1S/C28H30N2O5/c1-3-23(31)29-24-19-10-6-7-11-21(19)28(25(24)34-4-2)13-15-30(16-14-28)26(32)20-17-18-9-5-8-12-22(18)35-27(20)33/h5-12,17,24-25H,3-4,13-16H2,1-2H3,(H,29,31)/t24-,25+/m1/s1. The molecule has 1 aliphatic heterocycles. The number of fused-ring (bicyclic) bond motifs is 3. The molecule has 1 spiro atoms. The van der Waals surface area contributed by atoms with Gasteiger partial charge in [0.05, 0.1) is 12.1 Å². The number of carbonyl (C=O) groups is 2. The van der Waals surface area contributed by atoms with Crippen LogP contribution in [0.4, 0.5) is 0 Å².